The van der Waals surface area contributed by atoms with Gasteiger partial charge in [-0.2, -0.15) is 0 Å². The number of hydrogen-bond donors (Lipinski definition) is 2. The number of aliphatic hydroxyl groups is 2. The SMILES string of the molecule is COc1cc2c3c(c4c(c2cc1OC)=CC(C)(O)CC=4)[C@H](O)[C@@H]1CCCN1C3. The highest BCUT2D eigenvalue weighted by molar-refractivity contribution is 5.92. The molecule has 0 spiro atoms. The Kier molecular flexibility index (Phi) is 3.99. The maximum atomic E-state index is 11.3. The third-order valence-corrected chi connectivity index (χ3v) is 6.65. The molecule has 1 fully saturated rings. The second-order valence-corrected chi connectivity index (χ2v) is 8.51. The van der Waals surface area contributed by atoms with E-state index < -0.39 is 11.7 Å². The molecule has 2 aromatic rings. The van der Waals surface area contributed by atoms with Crippen molar-refractivity contribution in [2.24, 2.45) is 0 Å². The second-order valence-electron chi connectivity index (χ2n) is 8.51. The lowest BCUT2D eigenvalue weighted by Crippen LogP contribution is -2.47. The van der Waals surface area contributed by atoms with Crippen molar-refractivity contribution in [2.75, 3.05) is 20.8 Å². The minimum atomic E-state index is -0.902. The van der Waals surface area contributed by atoms with Crippen molar-refractivity contribution < 1.29 is 19.7 Å². The molecule has 1 unspecified atom stereocenters. The van der Waals surface area contributed by atoms with Crippen LogP contribution in [0.1, 0.15) is 43.4 Å². The van der Waals surface area contributed by atoms with E-state index in [2.05, 4.69) is 11.0 Å². The summed E-state index contributed by atoms with van der Waals surface area (Å²) in [5, 5.41) is 26.2. The maximum absolute atomic E-state index is 11.3. The van der Waals surface area contributed by atoms with Gasteiger partial charge in [-0.25, -0.2) is 0 Å². The monoisotopic (exact) mass is 381 g/mol. The summed E-state index contributed by atoms with van der Waals surface area (Å²) in [6.45, 7) is 3.69. The van der Waals surface area contributed by atoms with Crippen molar-refractivity contribution >= 4 is 22.9 Å². The van der Waals surface area contributed by atoms with Crippen LogP contribution in [0.25, 0.3) is 22.9 Å². The Labute approximate surface area is 164 Å². The van der Waals surface area contributed by atoms with Gasteiger partial charge in [0.2, 0.25) is 0 Å². The highest BCUT2D eigenvalue weighted by atomic mass is 16.5. The molecule has 3 atom stereocenters. The van der Waals surface area contributed by atoms with Gasteiger partial charge >= 0.3 is 0 Å². The van der Waals surface area contributed by atoms with Gasteiger partial charge in [0.1, 0.15) is 0 Å². The molecule has 1 saturated heterocycles. The number of methoxy groups -OCH3 is 2. The molecule has 28 heavy (non-hydrogen) atoms. The quantitative estimate of drug-likeness (QED) is 0.827. The Morgan fingerprint density at radius 2 is 1.82 bits per heavy atom. The highest BCUT2D eigenvalue weighted by Crippen LogP contribution is 2.40. The summed E-state index contributed by atoms with van der Waals surface area (Å²) in [4.78, 5) is 2.40. The molecule has 1 aliphatic carbocycles. The van der Waals surface area contributed by atoms with Crippen LogP contribution in [-0.2, 0) is 6.54 Å². The fourth-order valence-corrected chi connectivity index (χ4v) is 5.31. The molecule has 2 heterocycles. The Morgan fingerprint density at radius 1 is 1.11 bits per heavy atom. The van der Waals surface area contributed by atoms with Gasteiger partial charge < -0.3 is 19.7 Å². The van der Waals surface area contributed by atoms with E-state index in [9.17, 15) is 10.2 Å². The first-order valence-electron chi connectivity index (χ1n) is 10.0. The van der Waals surface area contributed by atoms with Crippen LogP contribution >= 0.6 is 0 Å². The van der Waals surface area contributed by atoms with Crippen molar-refractivity contribution in [3.05, 3.63) is 33.7 Å². The maximum Gasteiger partial charge on any atom is 0.161 e. The van der Waals surface area contributed by atoms with Crippen LogP contribution in [0.5, 0.6) is 11.5 Å². The Hall–Kier alpha value is -2.08. The number of nitrogens with zero attached hydrogens (tertiary/aromatic N) is 1. The van der Waals surface area contributed by atoms with E-state index in [1.54, 1.807) is 14.2 Å². The van der Waals surface area contributed by atoms with Crippen LogP contribution in [0.2, 0.25) is 0 Å². The minimum Gasteiger partial charge on any atom is -0.493 e. The van der Waals surface area contributed by atoms with Crippen molar-refractivity contribution in [1.82, 2.24) is 4.90 Å². The van der Waals surface area contributed by atoms with E-state index in [1.165, 1.54) is 5.56 Å². The zero-order valence-corrected chi connectivity index (χ0v) is 16.7. The summed E-state index contributed by atoms with van der Waals surface area (Å²) in [6, 6.07) is 4.21. The molecule has 0 saturated carbocycles. The van der Waals surface area contributed by atoms with Gasteiger partial charge in [-0.1, -0.05) is 6.08 Å². The van der Waals surface area contributed by atoms with Gasteiger partial charge in [-0.3, -0.25) is 4.90 Å². The van der Waals surface area contributed by atoms with E-state index in [0.717, 1.165) is 52.7 Å². The zero-order valence-electron chi connectivity index (χ0n) is 16.7. The number of aliphatic hydroxyl groups excluding tert-OH is 1. The molecular weight excluding hydrogens is 354 g/mol. The summed E-state index contributed by atoms with van der Waals surface area (Å²) in [5.74, 6) is 1.35. The number of benzene rings is 2. The van der Waals surface area contributed by atoms with E-state index >= 15 is 0 Å². The third kappa shape index (κ3) is 2.50. The molecule has 2 aromatic carbocycles. The standard InChI is InChI=1S/C23H27NO4/c1-23(26)7-6-13-16(11-23)14-9-19(27-2)20(28-3)10-15(14)17-12-24-8-4-5-18(24)22(25)21(13)17/h6,9-11,18,22,25-26H,4-5,7-8,12H2,1-3H3/t18-,22+,23?/m0/s1. The molecule has 0 bridgehead atoms. The van der Waals surface area contributed by atoms with Crippen LogP contribution in [0.3, 0.4) is 0 Å². The molecule has 2 aliphatic heterocycles. The van der Waals surface area contributed by atoms with Crippen LogP contribution < -0.4 is 19.9 Å². The normalized spacial score (nSPS) is 28.8. The van der Waals surface area contributed by atoms with Gasteiger partial charge in [-0.15, -0.1) is 0 Å². The average molecular weight is 381 g/mol. The van der Waals surface area contributed by atoms with Gasteiger partial charge in [0.25, 0.3) is 0 Å². The van der Waals surface area contributed by atoms with Crippen molar-refractivity contribution in [3.8, 4) is 11.5 Å². The first kappa shape index (κ1) is 18.0. The fraction of sp³-hybridized carbons (Fsp3) is 0.478. The minimum absolute atomic E-state index is 0.185. The molecule has 5 heteroatoms. The summed E-state index contributed by atoms with van der Waals surface area (Å²) in [6.07, 6.45) is 6.22. The van der Waals surface area contributed by atoms with Gasteiger partial charge in [-0.05, 0) is 83.3 Å². The highest BCUT2D eigenvalue weighted by Gasteiger charge is 2.39. The van der Waals surface area contributed by atoms with Crippen LogP contribution in [0.4, 0.5) is 0 Å². The molecule has 0 amide bonds. The molecular formula is C23H27NO4. The third-order valence-electron chi connectivity index (χ3n) is 6.65. The van der Waals surface area contributed by atoms with Crippen LogP contribution in [0.15, 0.2) is 12.1 Å². The lowest BCUT2D eigenvalue weighted by atomic mass is 9.82. The summed E-state index contributed by atoms with van der Waals surface area (Å²) in [7, 11) is 3.28. The largest absolute Gasteiger partial charge is 0.493 e. The van der Waals surface area contributed by atoms with E-state index in [-0.39, 0.29) is 6.04 Å². The fourth-order valence-electron chi connectivity index (χ4n) is 5.31. The van der Waals surface area contributed by atoms with E-state index in [0.29, 0.717) is 17.9 Å². The van der Waals surface area contributed by atoms with Gasteiger partial charge in [0.15, 0.2) is 11.5 Å². The Balaban J connectivity index is 1.93. The number of ether oxygens (including phenoxy) is 2. The first-order chi connectivity index (χ1) is 13.4. The predicted molar refractivity (Wildman–Crippen MR) is 109 cm³/mol. The molecule has 3 aliphatic rings. The zero-order chi connectivity index (χ0) is 19.6. The molecule has 0 aromatic heterocycles. The van der Waals surface area contributed by atoms with Gasteiger partial charge in [0.05, 0.1) is 25.9 Å². The van der Waals surface area contributed by atoms with Crippen molar-refractivity contribution in [2.45, 2.75) is 50.5 Å². The molecule has 5 rings (SSSR count). The number of fused-ring (bicyclic) bond motifs is 7. The van der Waals surface area contributed by atoms with Gasteiger partial charge in [0, 0.05) is 12.6 Å². The molecule has 148 valence electrons. The van der Waals surface area contributed by atoms with Crippen molar-refractivity contribution in [1.29, 1.82) is 0 Å². The average Bonchev–Trinajstić information content (AvgIpc) is 3.15. The summed E-state index contributed by atoms with van der Waals surface area (Å²) < 4.78 is 11.1. The predicted octanol–water partition coefficient (Wildman–Crippen LogP) is 1.58. The summed E-state index contributed by atoms with van der Waals surface area (Å²) in [5.41, 5.74) is 1.30. The number of rotatable bonds is 2. The first-order valence-corrected chi connectivity index (χ1v) is 10.0. The van der Waals surface area contributed by atoms with Crippen molar-refractivity contribution in [3.63, 3.8) is 0 Å². The Bertz CT molecular complexity index is 1090. The lowest BCUT2D eigenvalue weighted by molar-refractivity contribution is 0.0529. The molecule has 5 nitrogen and oxygen atoms in total. The number of hydrogen-bond acceptors (Lipinski definition) is 5. The Morgan fingerprint density at radius 3 is 2.54 bits per heavy atom. The van der Waals surface area contributed by atoms with E-state index in [4.69, 9.17) is 9.47 Å². The smallest absolute Gasteiger partial charge is 0.161 e. The topological polar surface area (TPSA) is 62.2 Å². The van der Waals surface area contributed by atoms with Crippen LogP contribution in [0, 0.1) is 0 Å². The second kappa shape index (κ2) is 6.21. The summed E-state index contributed by atoms with van der Waals surface area (Å²) >= 11 is 0. The van der Waals surface area contributed by atoms with Crippen LogP contribution in [-0.4, -0.2) is 47.5 Å². The molecule has 0 radical (unpaired) electrons. The lowest BCUT2D eigenvalue weighted by Gasteiger charge is -2.37. The molecule has 2 N–H and O–H groups in total. The van der Waals surface area contributed by atoms with E-state index in [1.807, 2.05) is 25.1 Å².